The van der Waals surface area contributed by atoms with Crippen LogP contribution in [0.15, 0.2) is 41.2 Å². The molecule has 0 unspecified atom stereocenters. The fourth-order valence-electron chi connectivity index (χ4n) is 5.02. The van der Waals surface area contributed by atoms with Gasteiger partial charge in [-0.05, 0) is 70.3 Å². The quantitative estimate of drug-likeness (QED) is 0.271. The lowest BCUT2D eigenvalue weighted by molar-refractivity contribution is 0.101. The van der Waals surface area contributed by atoms with Gasteiger partial charge in [-0.3, -0.25) is 15.1 Å². The molecule has 0 saturated carbocycles. The Morgan fingerprint density at radius 2 is 1.82 bits per heavy atom. The summed E-state index contributed by atoms with van der Waals surface area (Å²) in [6.07, 6.45) is 7.70. The van der Waals surface area contributed by atoms with Crippen LogP contribution in [0.25, 0.3) is 11.0 Å². The van der Waals surface area contributed by atoms with E-state index in [1.54, 1.807) is 0 Å². The van der Waals surface area contributed by atoms with Gasteiger partial charge >= 0.3 is 0 Å². The first kappa shape index (κ1) is 23.6. The highest BCUT2D eigenvalue weighted by Gasteiger charge is 2.23. The van der Waals surface area contributed by atoms with Gasteiger partial charge in [0.05, 0.1) is 15.9 Å². The second-order valence-electron chi connectivity index (χ2n) is 9.29. The average molecular weight is 466 g/mol. The molecular weight excluding hydrogens is 430 g/mol. The van der Waals surface area contributed by atoms with Crippen molar-refractivity contribution in [2.75, 3.05) is 6.54 Å². The van der Waals surface area contributed by atoms with E-state index in [-0.39, 0.29) is 11.4 Å². The summed E-state index contributed by atoms with van der Waals surface area (Å²) < 4.78 is 1.91. The number of likely N-dealkylation sites (tertiary alicyclic amines) is 1. The van der Waals surface area contributed by atoms with Gasteiger partial charge in [0.1, 0.15) is 11.5 Å². The van der Waals surface area contributed by atoms with Crippen LogP contribution in [0.1, 0.15) is 67.8 Å². The molecule has 0 spiro atoms. The highest BCUT2D eigenvalue weighted by molar-refractivity contribution is 7.14. The van der Waals surface area contributed by atoms with Crippen LogP contribution < -0.4 is 11.3 Å². The van der Waals surface area contributed by atoms with E-state index in [1.165, 1.54) is 37.0 Å². The molecule has 6 nitrogen and oxygen atoms in total. The van der Waals surface area contributed by atoms with Crippen molar-refractivity contribution in [3.63, 3.8) is 0 Å². The fraction of sp³-hybridized carbons (Fsp3) is 0.500. The molecule has 33 heavy (non-hydrogen) atoms. The minimum atomic E-state index is -0.00949. The van der Waals surface area contributed by atoms with E-state index in [0.717, 1.165) is 40.2 Å². The Kier molecular flexibility index (Phi) is 7.60. The van der Waals surface area contributed by atoms with E-state index in [9.17, 15) is 4.79 Å². The molecule has 4 rings (SSSR count). The topological polar surface area (TPSA) is 88.0 Å². The monoisotopic (exact) mass is 465 g/mol. The van der Waals surface area contributed by atoms with E-state index in [0.29, 0.717) is 30.7 Å². The zero-order valence-corrected chi connectivity index (χ0v) is 20.5. The van der Waals surface area contributed by atoms with Crippen LogP contribution >= 0.6 is 11.3 Å². The van der Waals surface area contributed by atoms with Gasteiger partial charge in [-0.2, -0.15) is 0 Å². The lowest BCUT2D eigenvalue weighted by Crippen LogP contribution is -2.44. The fourth-order valence-corrected chi connectivity index (χ4v) is 5.90. The maximum Gasteiger partial charge on any atom is 0.273 e. The number of hydrogen-bond donors (Lipinski definition) is 2. The Labute approximate surface area is 200 Å². The number of nitrogen functional groups attached to an aromatic ring is 1. The Hall–Kier alpha value is -2.51. The molecule has 1 saturated heterocycles. The summed E-state index contributed by atoms with van der Waals surface area (Å²) in [6.45, 7) is 6.57. The molecule has 2 atom stereocenters. The summed E-state index contributed by atoms with van der Waals surface area (Å²) in [6, 6.07) is 13.0. The first-order valence-corrected chi connectivity index (χ1v) is 12.9. The van der Waals surface area contributed by atoms with Crippen LogP contribution in [0, 0.1) is 5.41 Å². The highest BCUT2D eigenvalue weighted by atomic mass is 32.1. The zero-order valence-electron chi connectivity index (χ0n) is 19.7. The third-order valence-electron chi connectivity index (χ3n) is 6.86. The minimum Gasteiger partial charge on any atom is -0.383 e. The molecule has 176 valence electrons. The summed E-state index contributed by atoms with van der Waals surface area (Å²) in [7, 11) is 0. The summed E-state index contributed by atoms with van der Waals surface area (Å²) in [5.41, 5.74) is 7.90. The number of thiophene rings is 1. The molecule has 1 fully saturated rings. The lowest BCUT2D eigenvalue weighted by Gasteiger charge is -2.39. The zero-order chi connectivity index (χ0) is 23.4. The summed E-state index contributed by atoms with van der Waals surface area (Å²) in [4.78, 5) is 22.4. The molecule has 3 aromatic rings. The van der Waals surface area contributed by atoms with Crippen molar-refractivity contribution in [1.29, 1.82) is 5.41 Å². The van der Waals surface area contributed by atoms with Crippen molar-refractivity contribution in [2.24, 2.45) is 5.73 Å². The number of nitrogens with two attached hydrogens (primary N) is 1. The van der Waals surface area contributed by atoms with Gasteiger partial charge in [0.25, 0.3) is 5.56 Å². The van der Waals surface area contributed by atoms with Gasteiger partial charge < -0.3 is 10.3 Å². The third-order valence-corrected chi connectivity index (χ3v) is 7.98. The molecule has 0 radical (unpaired) electrons. The van der Waals surface area contributed by atoms with Crippen LogP contribution in [0.2, 0.25) is 0 Å². The van der Waals surface area contributed by atoms with Crippen LogP contribution in [0.3, 0.4) is 0 Å². The van der Waals surface area contributed by atoms with Gasteiger partial charge in [-0.15, -0.1) is 11.3 Å². The van der Waals surface area contributed by atoms with Crippen molar-refractivity contribution in [3.05, 3.63) is 62.2 Å². The number of nitrogens with zero attached hydrogens (tertiary/aromatic N) is 3. The van der Waals surface area contributed by atoms with E-state index in [4.69, 9.17) is 11.1 Å². The van der Waals surface area contributed by atoms with Crippen LogP contribution in [0.4, 0.5) is 0 Å². The second kappa shape index (κ2) is 10.6. The third kappa shape index (κ3) is 5.53. The summed E-state index contributed by atoms with van der Waals surface area (Å²) in [5.74, 6) is 0.0588. The summed E-state index contributed by atoms with van der Waals surface area (Å²) >= 11 is 1.45. The SMILES string of the molecule is C[C@@H]1CCC[C@H](C)N1CCCCCn1c(=O)c(Cc2ccc(C(=N)N)s2)nc2ccccc21. The van der Waals surface area contributed by atoms with Crippen LogP contribution in [-0.4, -0.2) is 38.9 Å². The average Bonchev–Trinajstić information content (AvgIpc) is 3.26. The summed E-state index contributed by atoms with van der Waals surface area (Å²) in [5, 5.41) is 7.61. The molecule has 2 aromatic heterocycles. The highest BCUT2D eigenvalue weighted by Crippen LogP contribution is 2.23. The van der Waals surface area contributed by atoms with E-state index in [1.807, 2.05) is 41.0 Å². The number of unbranched alkanes of at least 4 members (excludes halogenated alkanes) is 2. The smallest absolute Gasteiger partial charge is 0.273 e. The lowest BCUT2D eigenvalue weighted by atomic mass is 9.97. The van der Waals surface area contributed by atoms with Gasteiger partial charge in [0, 0.05) is 29.9 Å². The Bertz CT molecular complexity index is 1160. The number of benzene rings is 1. The van der Waals surface area contributed by atoms with E-state index in [2.05, 4.69) is 23.7 Å². The molecule has 1 aliphatic rings. The standard InChI is InChI=1S/C26H35N5OS/c1-18-9-8-10-19(2)30(18)15-6-3-7-16-31-23-12-5-4-11-21(23)29-22(26(31)32)17-20-13-14-24(33-20)25(27)28/h4-5,11-14,18-19H,3,6-10,15-17H2,1-2H3,(H3,27,28)/t18-,19+. The molecule has 3 N–H and O–H groups in total. The minimum absolute atomic E-state index is 0.00949. The van der Waals surface area contributed by atoms with Gasteiger partial charge in [0.15, 0.2) is 0 Å². The van der Waals surface area contributed by atoms with Crippen molar-refractivity contribution in [1.82, 2.24) is 14.5 Å². The van der Waals surface area contributed by atoms with Gasteiger partial charge in [-0.25, -0.2) is 4.98 Å². The van der Waals surface area contributed by atoms with Crippen molar-refractivity contribution in [2.45, 2.75) is 77.4 Å². The Morgan fingerprint density at radius 1 is 1.09 bits per heavy atom. The maximum atomic E-state index is 13.4. The molecule has 0 bridgehead atoms. The number of aromatic nitrogens is 2. The van der Waals surface area contributed by atoms with Gasteiger partial charge in [0.2, 0.25) is 0 Å². The van der Waals surface area contributed by atoms with Crippen LogP contribution in [-0.2, 0) is 13.0 Å². The largest absolute Gasteiger partial charge is 0.383 e. The predicted octanol–water partition coefficient (Wildman–Crippen LogP) is 4.77. The molecule has 0 aliphatic carbocycles. The normalized spacial score (nSPS) is 19.2. The Morgan fingerprint density at radius 3 is 2.55 bits per heavy atom. The molecule has 7 heteroatoms. The van der Waals surface area contributed by atoms with Crippen molar-refractivity contribution in [3.8, 4) is 0 Å². The molecule has 1 aliphatic heterocycles. The van der Waals surface area contributed by atoms with E-state index >= 15 is 0 Å². The Balaban J connectivity index is 1.45. The second-order valence-corrected chi connectivity index (χ2v) is 10.5. The molecule has 0 amide bonds. The van der Waals surface area contributed by atoms with Gasteiger partial charge in [-0.1, -0.05) is 25.0 Å². The number of para-hydroxylation sites is 2. The number of amidine groups is 1. The number of rotatable bonds is 9. The van der Waals surface area contributed by atoms with E-state index < -0.39 is 0 Å². The molecule has 1 aromatic carbocycles. The molecular formula is C26H35N5OS. The number of hydrogen-bond acceptors (Lipinski definition) is 5. The number of piperidine rings is 1. The first-order chi connectivity index (χ1) is 15.9. The van der Waals surface area contributed by atoms with Crippen LogP contribution in [0.5, 0.6) is 0 Å². The number of fused-ring (bicyclic) bond motifs is 1. The number of aryl methyl sites for hydroxylation is 1. The maximum absolute atomic E-state index is 13.4. The number of nitrogens with one attached hydrogen (secondary N) is 1. The molecule has 3 heterocycles. The van der Waals surface area contributed by atoms with Crippen molar-refractivity contribution >= 4 is 28.2 Å². The first-order valence-electron chi connectivity index (χ1n) is 12.1. The predicted molar refractivity (Wildman–Crippen MR) is 137 cm³/mol. The van der Waals surface area contributed by atoms with Crippen molar-refractivity contribution < 1.29 is 0 Å².